The van der Waals surface area contributed by atoms with E-state index in [1.165, 1.54) is 19.3 Å². The van der Waals surface area contributed by atoms with Crippen LogP contribution in [0.3, 0.4) is 0 Å². The number of amides is 1. The van der Waals surface area contributed by atoms with E-state index in [4.69, 9.17) is 9.41 Å². The Morgan fingerprint density at radius 1 is 1.18 bits per heavy atom. The third kappa shape index (κ3) is 8.81. The summed E-state index contributed by atoms with van der Waals surface area (Å²) in [6, 6.07) is 4.13. The minimum Gasteiger partial charge on any atom is -0.468 e. The molecule has 7 nitrogen and oxygen atoms in total. The predicted octanol–water partition coefficient (Wildman–Crippen LogP) is 2.90. The van der Waals surface area contributed by atoms with Crippen LogP contribution in [0.15, 0.2) is 27.8 Å². The fourth-order valence-electron chi connectivity index (χ4n) is 3.26. The molecule has 2 rings (SSSR count). The van der Waals surface area contributed by atoms with Crippen LogP contribution >= 0.6 is 24.0 Å². The van der Waals surface area contributed by atoms with Crippen LogP contribution in [0.4, 0.5) is 0 Å². The van der Waals surface area contributed by atoms with Gasteiger partial charge in [-0.15, -0.1) is 24.0 Å². The lowest BCUT2D eigenvalue weighted by Gasteiger charge is -2.32. The average molecular weight is 505 g/mol. The molecule has 2 heterocycles. The fraction of sp³-hybridized carbons (Fsp3) is 0.700. The predicted molar refractivity (Wildman–Crippen MR) is 124 cm³/mol. The Balaban J connectivity index is 0.00000392. The Morgan fingerprint density at radius 2 is 1.96 bits per heavy atom. The van der Waals surface area contributed by atoms with Gasteiger partial charge in [0, 0.05) is 26.1 Å². The van der Waals surface area contributed by atoms with Crippen LogP contribution in [0.25, 0.3) is 0 Å². The number of nitrogens with one attached hydrogen (secondary N) is 3. The maximum Gasteiger partial charge on any atom is 0.221 e. The number of aliphatic imine (C=N–C) groups is 1. The largest absolute Gasteiger partial charge is 0.468 e. The molecule has 1 saturated heterocycles. The molecule has 3 N–H and O–H groups in total. The maximum atomic E-state index is 11.7. The Labute approximate surface area is 186 Å². The molecule has 1 aliphatic rings. The molecule has 0 radical (unpaired) electrons. The van der Waals surface area contributed by atoms with E-state index in [0.717, 1.165) is 44.3 Å². The van der Waals surface area contributed by atoms with Crippen LogP contribution in [0.5, 0.6) is 0 Å². The minimum absolute atomic E-state index is 0. The van der Waals surface area contributed by atoms with Crippen LogP contribution < -0.4 is 16.0 Å². The number of nitrogens with zero attached hydrogens (tertiary/aromatic N) is 2. The quantitative estimate of drug-likeness (QED) is 0.259. The van der Waals surface area contributed by atoms with Gasteiger partial charge in [-0.05, 0) is 51.4 Å². The van der Waals surface area contributed by atoms with E-state index in [2.05, 4.69) is 20.9 Å². The summed E-state index contributed by atoms with van der Waals surface area (Å²) < 4.78 is 5.69. The molecule has 8 heteroatoms. The number of rotatable bonds is 10. The molecular weight excluding hydrogens is 469 g/mol. The summed E-state index contributed by atoms with van der Waals surface area (Å²) in [5.74, 6) is 1.78. The molecule has 1 atom stereocenters. The fourth-order valence-corrected chi connectivity index (χ4v) is 3.26. The topological polar surface area (TPSA) is 81.9 Å². The monoisotopic (exact) mass is 505 g/mol. The molecule has 0 saturated carbocycles. The number of guanidine groups is 1. The Hall–Kier alpha value is -1.29. The number of hydrogen-bond donors (Lipinski definition) is 3. The van der Waals surface area contributed by atoms with E-state index in [-0.39, 0.29) is 35.9 Å². The summed E-state index contributed by atoms with van der Waals surface area (Å²) in [5, 5.41) is 9.41. The van der Waals surface area contributed by atoms with E-state index in [9.17, 15) is 4.79 Å². The van der Waals surface area contributed by atoms with Crippen molar-refractivity contribution in [2.75, 3.05) is 39.3 Å². The zero-order valence-electron chi connectivity index (χ0n) is 17.2. The lowest BCUT2D eigenvalue weighted by atomic mass is 10.1. The highest BCUT2D eigenvalue weighted by Gasteiger charge is 2.24. The number of furan rings is 1. The summed E-state index contributed by atoms with van der Waals surface area (Å²) in [4.78, 5) is 19.0. The third-order valence-corrected chi connectivity index (χ3v) is 4.69. The first-order valence-corrected chi connectivity index (χ1v) is 10.3. The normalized spacial score (nSPS) is 16.1. The van der Waals surface area contributed by atoms with E-state index in [0.29, 0.717) is 19.5 Å². The van der Waals surface area contributed by atoms with Gasteiger partial charge < -0.3 is 20.4 Å². The number of hydrogen-bond acceptors (Lipinski definition) is 4. The van der Waals surface area contributed by atoms with Crippen molar-refractivity contribution in [2.45, 2.75) is 52.0 Å². The van der Waals surface area contributed by atoms with Gasteiger partial charge in [-0.25, -0.2) is 0 Å². The highest BCUT2D eigenvalue weighted by atomic mass is 127. The van der Waals surface area contributed by atoms with Gasteiger partial charge in [-0.2, -0.15) is 0 Å². The number of piperidine rings is 1. The van der Waals surface area contributed by atoms with Gasteiger partial charge in [0.25, 0.3) is 0 Å². The zero-order chi connectivity index (χ0) is 19.3. The van der Waals surface area contributed by atoms with Crippen LogP contribution in [0.1, 0.15) is 57.8 Å². The maximum absolute atomic E-state index is 11.7. The molecule has 0 aromatic carbocycles. The lowest BCUT2D eigenvalue weighted by molar-refractivity contribution is -0.120. The molecule has 0 spiro atoms. The number of carbonyl (C=O) groups excluding carboxylic acids is 1. The van der Waals surface area contributed by atoms with Gasteiger partial charge in [-0.1, -0.05) is 13.3 Å². The van der Waals surface area contributed by atoms with Gasteiger partial charge >= 0.3 is 0 Å². The molecule has 1 aromatic rings. The van der Waals surface area contributed by atoms with E-state index >= 15 is 0 Å². The van der Waals surface area contributed by atoms with Crippen molar-refractivity contribution in [3.63, 3.8) is 0 Å². The number of carbonyl (C=O) groups is 1. The van der Waals surface area contributed by atoms with Crippen molar-refractivity contribution < 1.29 is 9.21 Å². The van der Waals surface area contributed by atoms with Gasteiger partial charge in [0.1, 0.15) is 5.76 Å². The second-order valence-electron chi connectivity index (χ2n) is 6.87. The molecular formula is C20H36IN5O2. The number of halogens is 1. The minimum atomic E-state index is 0. The lowest BCUT2D eigenvalue weighted by Crippen LogP contribution is -2.40. The average Bonchev–Trinajstić information content (AvgIpc) is 3.22. The summed E-state index contributed by atoms with van der Waals surface area (Å²) in [7, 11) is 0. The molecule has 160 valence electrons. The van der Waals surface area contributed by atoms with Crippen LogP contribution in [-0.4, -0.2) is 56.0 Å². The molecule has 1 aromatic heterocycles. The molecule has 1 fully saturated rings. The molecule has 0 bridgehead atoms. The molecule has 28 heavy (non-hydrogen) atoms. The van der Waals surface area contributed by atoms with Gasteiger partial charge in [0.05, 0.1) is 18.8 Å². The molecule has 1 amide bonds. The first-order valence-electron chi connectivity index (χ1n) is 10.3. The summed E-state index contributed by atoms with van der Waals surface area (Å²) in [5.41, 5.74) is 0. The summed E-state index contributed by atoms with van der Waals surface area (Å²) in [6.07, 6.45) is 6.88. The van der Waals surface area contributed by atoms with Gasteiger partial charge in [0.2, 0.25) is 5.91 Å². The second-order valence-corrected chi connectivity index (χ2v) is 6.87. The van der Waals surface area contributed by atoms with Crippen molar-refractivity contribution in [1.82, 2.24) is 20.9 Å². The highest BCUT2D eigenvalue weighted by molar-refractivity contribution is 14.0. The Bertz CT molecular complexity index is 559. The van der Waals surface area contributed by atoms with Crippen molar-refractivity contribution in [3.8, 4) is 0 Å². The third-order valence-electron chi connectivity index (χ3n) is 4.69. The van der Waals surface area contributed by atoms with E-state index in [1.54, 1.807) is 6.26 Å². The van der Waals surface area contributed by atoms with Gasteiger partial charge in [-0.3, -0.25) is 14.7 Å². The molecule has 1 unspecified atom stereocenters. The first-order chi connectivity index (χ1) is 13.2. The van der Waals surface area contributed by atoms with Gasteiger partial charge in [0.15, 0.2) is 5.96 Å². The second kappa shape index (κ2) is 14.7. The van der Waals surface area contributed by atoms with Crippen molar-refractivity contribution in [3.05, 3.63) is 24.2 Å². The van der Waals surface area contributed by atoms with Crippen molar-refractivity contribution >= 4 is 35.8 Å². The van der Waals surface area contributed by atoms with Crippen molar-refractivity contribution in [1.29, 1.82) is 0 Å². The molecule has 1 aliphatic heterocycles. The molecule has 0 aliphatic carbocycles. The van der Waals surface area contributed by atoms with Crippen LogP contribution in [0.2, 0.25) is 0 Å². The SMILES string of the molecule is CCCNC(=O)CCNC(=NCC(c1ccco1)N1CCCCC1)NCC.I. The Kier molecular flexibility index (Phi) is 13.0. The van der Waals surface area contributed by atoms with Crippen LogP contribution in [-0.2, 0) is 4.79 Å². The smallest absolute Gasteiger partial charge is 0.221 e. The first kappa shape index (κ1) is 24.7. The summed E-state index contributed by atoms with van der Waals surface area (Å²) in [6.45, 7) is 8.97. The highest BCUT2D eigenvalue weighted by Crippen LogP contribution is 2.25. The van der Waals surface area contributed by atoms with Crippen molar-refractivity contribution in [2.24, 2.45) is 4.99 Å². The standard InChI is InChI=1S/C20H35N5O2.HI/c1-3-11-22-19(26)10-12-23-20(21-4-2)24-16-17(18-9-8-15-27-18)25-13-6-5-7-14-25;/h8-9,15,17H,3-7,10-14,16H2,1-2H3,(H,22,26)(H2,21,23,24);1H. The number of likely N-dealkylation sites (tertiary alicyclic amines) is 1. The van der Waals surface area contributed by atoms with Crippen LogP contribution in [0, 0.1) is 0 Å². The summed E-state index contributed by atoms with van der Waals surface area (Å²) >= 11 is 0. The zero-order valence-corrected chi connectivity index (χ0v) is 19.5. The Morgan fingerprint density at radius 3 is 2.61 bits per heavy atom. The van der Waals surface area contributed by atoms with E-state index in [1.807, 2.05) is 26.0 Å². The van der Waals surface area contributed by atoms with E-state index < -0.39 is 0 Å².